The summed E-state index contributed by atoms with van der Waals surface area (Å²) in [7, 11) is 0. The van der Waals surface area contributed by atoms with Crippen LogP contribution in [0.5, 0.6) is 11.6 Å². The molecule has 1 saturated heterocycles. The molecule has 17 heterocycles. The lowest BCUT2D eigenvalue weighted by Gasteiger charge is -2.28. The summed E-state index contributed by atoms with van der Waals surface area (Å²) in [5, 5.41) is 71.6. The van der Waals surface area contributed by atoms with Crippen molar-refractivity contribution < 1.29 is 9.47 Å². The molecule has 0 radical (unpaired) electrons. The van der Waals surface area contributed by atoms with E-state index in [1.54, 1.807) is 37.2 Å². The molecule has 1 fully saturated rings. The summed E-state index contributed by atoms with van der Waals surface area (Å²) in [5.41, 5.74) is 16.6. The highest BCUT2D eigenvalue weighted by Gasteiger charge is 2.19. The van der Waals surface area contributed by atoms with Crippen LogP contribution in [0.3, 0.4) is 0 Å². The van der Waals surface area contributed by atoms with Crippen molar-refractivity contribution in [2.75, 3.05) is 81.5 Å². The van der Waals surface area contributed by atoms with Crippen molar-refractivity contribution >= 4 is 195 Å². The van der Waals surface area contributed by atoms with Gasteiger partial charge in [-0.3, -0.25) is 50.4 Å². The normalized spacial score (nSPS) is 11.9. The maximum absolute atomic E-state index is 5.99. The second-order valence-electron chi connectivity index (χ2n) is 30.2. The van der Waals surface area contributed by atoms with E-state index < -0.39 is 0 Å². The molecule has 16 aromatic heterocycles. The number of fused-ring (bicyclic) bond motifs is 11. The highest BCUT2D eigenvalue weighted by atomic mass is 16.5. The summed E-state index contributed by atoms with van der Waals surface area (Å²) in [6.07, 6.45) is 19.9. The van der Waals surface area contributed by atoms with E-state index >= 15 is 0 Å². The Hall–Kier alpha value is -17.6. The molecule has 23 aromatic rings. The Labute approximate surface area is 735 Å². The Morgan fingerprint density at radius 3 is 1.43 bits per heavy atom. The average Bonchev–Trinajstić information content (AvgIpc) is 1.71. The third-order valence-electron chi connectivity index (χ3n) is 21.7. The first kappa shape index (κ1) is 79.8. The Bertz CT molecular complexity index is 7770. The summed E-state index contributed by atoms with van der Waals surface area (Å²) in [6.45, 7) is 11.1. The molecule has 12 N–H and O–H groups in total. The second kappa shape index (κ2) is 36.4. The summed E-state index contributed by atoms with van der Waals surface area (Å²) in [6, 6.07) is 78.6. The van der Waals surface area contributed by atoms with E-state index in [1.807, 2.05) is 189 Å². The predicted octanol–water partition coefficient (Wildman–Crippen LogP) is 21.0. The van der Waals surface area contributed by atoms with Crippen molar-refractivity contribution in [1.82, 2.24) is 105 Å². The quantitative estimate of drug-likeness (QED) is 0.0380. The second-order valence-corrected chi connectivity index (χ2v) is 30.2. The van der Waals surface area contributed by atoms with E-state index in [4.69, 9.17) is 9.47 Å². The van der Waals surface area contributed by atoms with Crippen LogP contribution in [0.25, 0.3) is 126 Å². The van der Waals surface area contributed by atoms with E-state index in [2.05, 4.69) is 246 Å². The SMILES string of the molecule is CCNc1cccc2cc(Nc3n[nH]c4cccnc34)cnc12.CCNc1nccc2cc(Nc3[nH]nc4ncccc34)ccc12.Cc1ccc(Oc2nccc3cc(Nc4n[nH]c5cccnc45)ccc23)cc1.c1ccc2c(c1)ccn2-c1nccc2cc(Nc3n[nH]c4cccnc34)ccc12.c1cnc2c(Nc3ccc4c(N5CCOCC5)nccc4c3)n[nH]c2c1. The van der Waals surface area contributed by atoms with Crippen LogP contribution in [0.4, 0.5) is 74.8 Å². The van der Waals surface area contributed by atoms with Gasteiger partial charge in [-0.2, -0.15) is 25.5 Å². The first-order valence-electron chi connectivity index (χ1n) is 42.1. The van der Waals surface area contributed by atoms with Crippen molar-refractivity contribution in [1.29, 1.82) is 0 Å². The lowest BCUT2D eigenvalue weighted by molar-refractivity contribution is 0.122. The van der Waals surface area contributed by atoms with Gasteiger partial charge in [-0.05, 0) is 242 Å². The number of morpholine rings is 1. The average molecular weight is 1700 g/mol. The van der Waals surface area contributed by atoms with Gasteiger partial charge >= 0.3 is 0 Å². The number of para-hydroxylation sites is 2. The van der Waals surface area contributed by atoms with Crippen LogP contribution < -0.4 is 46.9 Å². The molecular formula is C98H83N29O2. The molecule has 0 amide bonds. The number of nitrogens with one attached hydrogen (secondary N) is 12. The van der Waals surface area contributed by atoms with Gasteiger partial charge in [-0.15, -0.1) is 0 Å². The predicted molar refractivity (Wildman–Crippen MR) is 514 cm³/mol. The van der Waals surface area contributed by atoms with Crippen LogP contribution in [0.15, 0.2) is 305 Å². The van der Waals surface area contributed by atoms with Crippen LogP contribution in [0.2, 0.25) is 0 Å². The van der Waals surface area contributed by atoms with E-state index in [0.29, 0.717) is 29.0 Å². The standard InChI is InChI=1S/C23H16N6.C22H17N5O.C19H18N6O.2C17H16N6/c1-2-6-20-15(4-1)10-13-29(20)23-18-8-7-17(14-16(18)9-12-25-23)26-22-21-19(27-28-22)5-3-11-24-21;1-14-4-7-17(8-5-14)28-22-18-9-6-16(13-15(18)10-12-24-22)25-21-20-19(26-27-21)3-2-11-23-20;1-2-16-17(20-6-1)18(24-23-16)22-14-3-4-15-13(12-14)5-7-21-19(15)25-8-10-26-11-9-25;1-2-18-13-6-3-5-11-9-12(10-20-15(11)13)21-17-16-14(22-23-17)7-4-8-19-16;1-2-18-15-13-6-5-12(10-11(13)7-9-20-15)21-17-14-4-3-8-19-16(14)22-23-17/h1-14H,(H2,26,27,28);2-13H,1H3,(H2,25,26,27);1-7,12H,8-11H2,(H2,22,23,24);3-10,18H,2H2,1H3,(H2,21,22,23);3-10H,2H2,1H3,(H,18,20)(H2,19,21,22,23). The Kier molecular flexibility index (Phi) is 22.6. The number of pyridine rings is 10. The van der Waals surface area contributed by atoms with Crippen LogP contribution in [0.1, 0.15) is 19.4 Å². The first-order valence-corrected chi connectivity index (χ1v) is 42.1. The molecule has 0 bridgehead atoms. The molecule has 0 spiro atoms. The number of ether oxygens (including phenoxy) is 2. The zero-order valence-electron chi connectivity index (χ0n) is 70.0. The fraction of sp³-hybridized carbons (Fsp3) is 0.0918. The van der Waals surface area contributed by atoms with Gasteiger partial charge in [0.1, 0.15) is 51.1 Å². The molecule has 7 aromatic carbocycles. The van der Waals surface area contributed by atoms with Crippen LogP contribution >= 0.6 is 0 Å². The van der Waals surface area contributed by atoms with Gasteiger partial charge in [0.15, 0.2) is 28.9 Å². The third kappa shape index (κ3) is 17.4. The molecule has 0 atom stereocenters. The molecule has 1 aliphatic rings. The van der Waals surface area contributed by atoms with Crippen molar-refractivity contribution in [2.45, 2.75) is 20.8 Å². The summed E-state index contributed by atoms with van der Waals surface area (Å²) in [5.74, 6) is 7.87. The third-order valence-corrected chi connectivity index (χ3v) is 21.7. The van der Waals surface area contributed by atoms with Gasteiger partial charge in [-0.1, -0.05) is 48.0 Å². The molecule has 1 aliphatic heterocycles. The topological polar surface area (TPSA) is 383 Å². The minimum Gasteiger partial charge on any atom is -0.438 e. The lowest BCUT2D eigenvalue weighted by Crippen LogP contribution is -2.36. The number of benzene rings is 7. The van der Waals surface area contributed by atoms with Gasteiger partial charge in [0.2, 0.25) is 5.88 Å². The Morgan fingerprint density at radius 1 is 0.349 bits per heavy atom. The monoisotopic (exact) mass is 1700 g/mol. The van der Waals surface area contributed by atoms with Crippen LogP contribution in [-0.2, 0) is 4.74 Å². The molecule has 0 aliphatic carbocycles. The smallest absolute Gasteiger partial charge is 0.227 e. The van der Waals surface area contributed by atoms with Crippen molar-refractivity contribution in [2.24, 2.45) is 0 Å². The zero-order valence-corrected chi connectivity index (χ0v) is 70.0. The van der Waals surface area contributed by atoms with E-state index in [0.717, 1.165) is 217 Å². The largest absolute Gasteiger partial charge is 0.438 e. The Morgan fingerprint density at radius 2 is 0.837 bits per heavy atom. The van der Waals surface area contributed by atoms with Crippen molar-refractivity contribution in [3.63, 3.8) is 0 Å². The number of anilines is 13. The van der Waals surface area contributed by atoms with E-state index in [-0.39, 0.29) is 0 Å². The number of nitrogens with zero attached hydrogens (tertiary/aromatic N) is 17. The summed E-state index contributed by atoms with van der Waals surface area (Å²) >= 11 is 0. The van der Waals surface area contributed by atoms with Gasteiger partial charge in [0.05, 0.1) is 69.3 Å². The van der Waals surface area contributed by atoms with E-state index in [9.17, 15) is 0 Å². The minimum atomic E-state index is 0.583. The molecule has 31 nitrogen and oxygen atoms in total. The Balaban J connectivity index is 0.000000101. The minimum absolute atomic E-state index is 0.583. The molecule has 129 heavy (non-hydrogen) atoms. The molecule has 0 saturated carbocycles. The van der Waals surface area contributed by atoms with Gasteiger partial charge in [0.25, 0.3) is 0 Å². The fourth-order valence-electron chi connectivity index (χ4n) is 15.5. The van der Waals surface area contributed by atoms with Gasteiger partial charge in [-0.25, -0.2) is 24.9 Å². The number of aromatic nitrogens is 21. The van der Waals surface area contributed by atoms with E-state index in [1.165, 1.54) is 10.9 Å². The number of hydrogen-bond donors (Lipinski definition) is 12. The zero-order chi connectivity index (χ0) is 86.8. The number of rotatable bonds is 18. The highest BCUT2D eigenvalue weighted by Crippen LogP contribution is 2.37. The molecule has 24 rings (SSSR count). The van der Waals surface area contributed by atoms with Gasteiger partial charge < -0.3 is 56.2 Å². The number of hydrogen-bond acceptors (Lipinski definition) is 25. The maximum atomic E-state index is 5.99. The summed E-state index contributed by atoms with van der Waals surface area (Å²) in [4.78, 5) is 46.7. The number of H-pyrrole nitrogens is 5. The molecule has 632 valence electrons. The van der Waals surface area contributed by atoms with Crippen LogP contribution in [-0.4, -0.2) is 145 Å². The summed E-state index contributed by atoms with van der Waals surface area (Å²) < 4.78 is 13.6. The van der Waals surface area contributed by atoms with Crippen LogP contribution in [0, 0.1) is 6.92 Å². The molecule has 0 unspecified atom stereocenters. The fourth-order valence-corrected chi connectivity index (χ4v) is 15.5. The first-order chi connectivity index (χ1) is 63.7. The maximum Gasteiger partial charge on any atom is 0.227 e. The van der Waals surface area contributed by atoms with Crippen molar-refractivity contribution in [3.05, 3.63) is 310 Å². The lowest BCUT2D eigenvalue weighted by atomic mass is 10.1. The van der Waals surface area contributed by atoms with Gasteiger partial charge in [0, 0.05) is 138 Å². The highest BCUT2D eigenvalue weighted by molar-refractivity contribution is 6.01. The molecule has 31 heteroatoms. The number of aromatic amines is 5. The molecular weight excluding hydrogens is 1620 g/mol. The number of aryl methyl sites for hydroxylation is 1. The van der Waals surface area contributed by atoms with Crippen molar-refractivity contribution in [3.8, 4) is 17.4 Å².